The van der Waals surface area contributed by atoms with Gasteiger partial charge in [-0.05, 0) is 81.1 Å². The van der Waals surface area contributed by atoms with Crippen LogP contribution in [0.2, 0.25) is 0 Å². The van der Waals surface area contributed by atoms with E-state index in [9.17, 15) is 0 Å². The maximum Gasteiger partial charge on any atom is 2.00 e. The Morgan fingerprint density at radius 1 is 0.290 bits per heavy atom. The molecule has 11 heteroatoms. The van der Waals surface area contributed by atoms with Crippen molar-refractivity contribution < 1.29 is 43.2 Å². The molecule has 0 amide bonds. The molecule has 4 saturated heterocycles. The van der Waals surface area contributed by atoms with Gasteiger partial charge in [0, 0.05) is 26.4 Å². The average molecular weight is 1010 g/mol. The van der Waals surface area contributed by atoms with Crippen LogP contribution in [0.3, 0.4) is 0 Å². The van der Waals surface area contributed by atoms with Crippen molar-refractivity contribution in [2.75, 3.05) is 147 Å². The predicted octanol–water partition coefficient (Wildman–Crippen LogP) is -2.21. The van der Waals surface area contributed by atoms with Gasteiger partial charge in [0.25, 0.3) is 0 Å². The first-order chi connectivity index (χ1) is 31.9. The minimum Gasteiger partial charge on any atom is -1.00 e. The molecular weight excluding hydrogens is 904 g/mol. The smallest absolute Gasteiger partial charge is 1.00 e. The van der Waals surface area contributed by atoms with E-state index >= 15 is 0 Å². The predicted molar refractivity (Wildman–Crippen MR) is 303 cm³/mol. The molecule has 0 aliphatic carbocycles. The third-order valence-electron chi connectivity index (χ3n) is 14.5. The van der Waals surface area contributed by atoms with Crippen LogP contribution < -0.4 is 51.3 Å². The fourth-order valence-corrected chi connectivity index (χ4v) is 10.5. The van der Waals surface area contributed by atoms with Gasteiger partial charge in [-0.3, -0.25) is 0 Å². The SMILES string of the molecule is C1CCOC1.C1CCOC1.C[NH+]1CC[NH+](C)CC[NH+](C)CC1.C[NH+]1CC[NH+](C)CC[NH+](C)CC1.Cc1cc(C)cc([B-](c2cc(C)cc(C)c2)(c2cc(C)cc(C)c2)c2cc(C)cc(C)c2)c1.[Ca+2].[Ca+2].[H-].[H-].[H-]. The van der Waals surface area contributed by atoms with Crippen LogP contribution >= 0.6 is 0 Å². The van der Waals surface area contributed by atoms with Gasteiger partial charge in [-0.15, -0.1) is 0 Å². The summed E-state index contributed by atoms with van der Waals surface area (Å²) in [5.41, 5.74) is 16.1. The Bertz CT molecular complexity index is 1660. The fourth-order valence-electron chi connectivity index (χ4n) is 10.5. The van der Waals surface area contributed by atoms with E-state index in [0.717, 1.165) is 26.4 Å². The summed E-state index contributed by atoms with van der Waals surface area (Å²) >= 11 is 0. The number of ether oxygens (including phenoxy) is 2. The second-order valence-electron chi connectivity index (χ2n) is 21.9. The number of benzene rings is 4. The quantitative estimate of drug-likeness (QED) is 0.132. The largest absolute Gasteiger partial charge is 2.00 e. The zero-order valence-corrected chi connectivity index (χ0v) is 51.3. The van der Waals surface area contributed by atoms with Gasteiger partial charge in [-0.25, -0.2) is 0 Å². The molecule has 8 rings (SSSR count). The molecule has 0 radical (unpaired) electrons. The third kappa shape index (κ3) is 23.1. The van der Waals surface area contributed by atoms with Gasteiger partial charge in [0.2, 0.25) is 0 Å². The van der Waals surface area contributed by atoms with Crippen LogP contribution in [-0.2, 0) is 9.47 Å². The van der Waals surface area contributed by atoms with Crippen molar-refractivity contribution in [1.82, 2.24) is 0 Å². The Morgan fingerprint density at radius 2 is 0.435 bits per heavy atom. The van der Waals surface area contributed by atoms with E-state index in [-0.39, 0.29) is 79.8 Å². The number of likely N-dealkylation sites (N-methyl/N-ethyl adjacent to an activating group) is 6. The summed E-state index contributed by atoms with van der Waals surface area (Å²) in [5.74, 6) is 0. The molecule has 4 heterocycles. The topological polar surface area (TPSA) is 45.1 Å². The molecule has 0 unspecified atom stereocenters. The molecule has 4 aliphatic rings. The minimum absolute atomic E-state index is 0. The molecule has 4 aromatic rings. The number of hydrogen-bond donors (Lipinski definition) is 6. The van der Waals surface area contributed by atoms with Crippen molar-refractivity contribution >= 4 is 103 Å². The van der Waals surface area contributed by atoms with E-state index in [4.69, 9.17) is 9.47 Å². The Morgan fingerprint density at radius 3 is 0.551 bits per heavy atom. The normalized spacial score (nSPS) is 22.9. The Hall–Kier alpha value is -0.856. The van der Waals surface area contributed by atoms with Gasteiger partial charge in [0.15, 0.2) is 0 Å². The summed E-state index contributed by atoms with van der Waals surface area (Å²) in [6, 6.07) is 28.5. The van der Waals surface area contributed by atoms with Crippen molar-refractivity contribution in [2.24, 2.45) is 0 Å². The van der Waals surface area contributed by atoms with Crippen molar-refractivity contribution in [3.63, 3.8) is 0 Å². The van der Waals surface area contributed by atoms with Gasteiger partial charge in [0.1, 0.15) is 84.7 Å². The molecule has 4 aliphatic heterocycles. The molecule has 6 N–H and O–H groups in total. The van der Waals surface area contributed by atoms with Crippen molar-refractivity contribution in [3.8, 4) is 0 Å². The maximum atomic E-state index is 4.94. The van der Waals surface area contributed by atoms with E-state index in [1.165, 1.54) is 171 Å². The zero-order chi connectivity index (χ0) is 48.9. The number of aryl methyl sites for hydroxylation is 8. The second kappa shape index (κ2) is 33.9. The van der Waals surface area contributed by atoms with Crippen LogP contribution in [0.4, 0.5) is 0 Å². The number of nitrogens with one attached hydrogen (secondary N) is 6. The first kappa shape index (κ1) is 64.3. The number of quaternary nitrogens is 6. The number of hydrogen-bond acceptors (Lipinski definition) is 2. The van der Waals surface area contributed by atoms with Gasteiger partial charge >= 0.3 is 75.5 Å². The first-order valence-electron chi connectivity index (χ1n) is 26.5. The summed E-state index contributed by atoms with van der Waals surface area (Å²) in [4.78, 5) is 10.1. The molecule has 69 heavy (non-hydrogen) atoms. The van der Waals surface area contributed by atoms with Crippen molar-refractivity contribution in [2.45, 2.75) is 81.1 Å². The monoisotopic (exact) mass is 1010 g/mol. The van der Waals surface area contributed by atoms with E-state index < -0.39 is 6.15 Å². The maximum absolute atomic E-state index is 4.94. The van der Waals surface area contributed by atoms with Crippen LogP contribution in [0.25, 0.3) is 0 Å². The molecular formula is C58H103BCa2N6O2+6. The summed E-state index contributed by atoms with van der Waals surface area (Å²) < 4.78 is 9.89. The van der Waals surface area contributed by atoms with Gasteiger partial charge < -0.3 is 43.2 Å². The van der Waals surface area contributed by atoms with E-state index in [2.05, 4.69) is 170 Å². The van der Waals surface area contributed by atoms with Crippen LogP contribution in [0.15, 0.2) is 72.8 Å². The third-order valence-corrected chi connectivity index (χ3v) is 14.5. The molecule has 0 bridgehead atoms. The van der Waals surface area contributed by atoms with Gasteiger partial charge in [0.05, 0.1) is 42.3 Å². The Kier molecular flexibility index (Phi) is 31.5. The van der Waals surface area contributed by atoms with E-state index in [1.807, 2.05) is 0 Å². The molecule has 4 fully saturated rings. The molecule has 0 spiro atoms. The molecule has 0 atom stereocenters. The standard InChI is InChI=1S/C32H36B.2C9H21N3.2C4H8O.2Ca.3H/c1-21-9-22(2)14-29(13-21)33(30-15-23(3)10-24(4)16-30,31-17-25(5)11-26(6)18-31)32-19-27(7)12-28(8)20-32;2*1-10-4-6-11(2)8-9-12(3)7-5-10;2*1-2-4-5-3-1;;;;;/h9-20H,1-8H3;2*4-9H2,1-3H3;2*1-4H2;;;;;/q-1;;;;;2*+2;3*-1/p+6. The molecule has 378 valence electrons. The Balaban J connectivity index is 0. The summed E-state index contributed by atoms with van der Waals surface area (Å²) in [5, 5.41) is 0. The van der Waals surface area contributed by atoms with Crippen LogP contribution in [0.5, 0.6) is 0 Å². The molecule has 0 saturated carbocycles. The summed E-state index contributed by atoms with van der Waals surface area (Å²) in [7, 11) is 13.9. The van der Waals surface area contributed by atoms with Crippen molar-refractivity contribution in [1.29, 1.82) is 0 Å². The van der Waals surface area contributed by atoms with E-state index in [0.29, 0.717) is 0 Å². The minimum atomic E-state index is -1.37. The van der Waals surface area contributed by atoms with Gasteiger partial charge in [-0.1, -0.05) is 117 Å². The zero-order valence-electron chi connectivity index (χ0n) is 49.9. The molecule has 8 nitrogen and oxygen atoms in total. The van der Waals surface area contributed by atoms with Crippen LogP contribution in [0, 0.1) is 55.4 Å². The first-order valence-corrected chi connectivity index (χ1v) is 26.5. The van der Waals surface area contributed by atoms with Crippen LogP contribution in [-0.4, -0.2) is 229 Å². The second-order valence-corrected chi connectivity index (χ2v) is 21.9. The fraction of sp³-hybridized carbons (Fsp3) is 0.586. The summed E-state index contributed by atoms with van der Waals surface area (Å²) in [6.07, 6.45) is 3.74. The van der Waals surface area contributed by atoms with Crippen molar-refractivity contribution in [3.05, 3.63) is 117 Å². The molecule has 4 aromatic carbocycles. The van der Waals surface area contributed by atoms with Crippen LogP contribution in [0.1, 0.15) is 74.5 Å². The average Bonchev–Trinajstić information content (AvgIpc) is 4.06. The number of rotatable bonds is 4. The Labute approximate surface area is 487 Å². The summed E-state index contributed by atoms with van der Waals surface area (Å²) in [6.45, 7) is 37.8. The van der Waals surface area contributed by atoms with E-state index in [1.54, 1.807) is 29.4 Å². The van der Waals surface area contributed by atoms with Gasteiger partial charge in [-0.2, -0.15) is 21.9 Å². The molecule has 0 aromatic heterocycles.